The van der Waals surface area contributed by atoms with Gasteiger partial charge in [-0.2, -0.15) is 0 Å². The smallest absolute Gasteiger partial charge is 0.233 e. The third kappa shape index (κ3) is 3.18. The molecule has 5 aliphatic rings. The number of ketones is 2. The molecule has 0 bridgehead atoms. The van der Waals surface area contributed by atoms with Gasteiger partial charge in [-0.25, -0.2) is 0 Å². The van der Waals surface area contributed by atoms with Crippen LogP contribution in [0, 0.1) is 23.7 Å². The number of amides is 2. The van der Waals surface area contributed by atoms with Crippen molar-refractivity contribution in [3.05, 3.63) is 70.0 Å². The first kappa shape index (κ1) is 22.7. The summed E-state index contributed by atoms with van der Waals surface area (Å²) in [5.74, 6) is -1.73. The topological polar surface area (TPSA) is 101 Å². The van der Waals surface area contributed by atoms with Gasteiger partial charge in [-0.1, -0.05) is 18.6 Å². The van der Waals surface area contributed by atoms with Gasteiger partial charge in [0.2, 0.25) is 11.8 Å². The lowest BCUT2D eigenvalue weighted by Crippen LogP contribution is -2.41. The Morgan fingerprint density at radius 3 is 2.69 bits per heavy atom. The van der Waals surface area contributed by atoms with E-state index in [-0.39, 0.29) is 41.5 Å². The van der Waals surface area contributed by atoms with E-state index < -0.39 is 17.8 Å². The fourth-order valence-corrected chi connectivity index (χ4v) is 6.68. The highest BCUT2D eigenvalue weighted by Crippen LogP contribution is 2.54. The van der Waals surface area contributed by atoms with E-state index in [1.165, 1.54) is 11.0 Å². The molecule has 7 heteroatoms. The number of phenolic OH excluding ortho intramolecular Hbond substituents is 1. The normalized spacial score (nSPS) is 29.1. The van der Waals surface area contributed by atoms with Gasteiger partial charge < -0.3 is 9.84 Å². The Hall–Kier alpha value is -3.74. The summed E-state index contributed by atoms with van der Waals surface area (Å²) in [5, 5.41) is 10.0. The Kier molecular flexibility index (Phi) is 5.14. The predicted molar refractivity (Wildman–Crippen MR) is 130 cm³/mol. The number of aromatic hydroxyl groups is 1. The molecule has 2 heterocycles. The van der Waals surface area contributed by atoms with E-state index in [4.69, 9.17) is 4.74 Å². The number of benzene rings is 1. The number of hydrogen-bond acceptors (Lipinski definition) is 6. The zero-order chi connectivity index (χ0) is 25.3. The van der Waals surface area contributed by atoms with E-state index in [0.29, 0.717) is 48.3 Å². The Morgan fingerprint density at radius 1 is 1.11 bits per heavy atom. The van der Waals surface area contributed by atoms with Crippen LogP contribution in [-0.2, 0) is 25.6 Å². The van der Waals surface area contributed by atoms with Gasteiger partial charge in [0.25, 0.3) is 0 Å². The maximum atomic E-state index is 13.5. The number of Topliss-reactive ketones (excluding diaryl/α,β-unsaturated/α-hetero) is 1. The molecule has 0 aromatic heterocycles. The number of nitrogens with zero attached hydrogens (tertiary/aromatic N) is 1. The van der Waals surface area contributed by atoms with Crippen LogP contribution < -0.4 is 4.74 Å². The maximum absolute atomic E-state index is 13.5. The third-order valence-electron chi connectivity index (χ3n) is 8.25. The Labute approximate surface area is 208 Å². The number of carbonyl (C=O) groups excluding carboxylic acids is 4. The van der Waals surface area contributed by atoms with Crippen LogP contribution in [0.25, 0.3) is 0 Å². The molecule has 1 aromatic rings. The average molecular weight is 486 g/mol. The van der Waals surface area contributed by atoms with E-state index >= 15 is 0 Å². The Bertz CT molecular complexity index is 1380. The summed E-state index contributed by atoms with van der Waals surface area (Å²) in [6.45, 7) is 3.98. The van der Waals surface area contributed by atoms with E-state index in [2.05, 4.69) is 0 Å². The Morgan fingerprint density at radius 2 is 1.92 bits per heavy atom. The molecule has 1 N–H and O–H groups in total. The standard InChI is InChI=1S/C29H27NO6/c1-3-8-30-28(34)19-6-5-18-20(25(19)29(30)35)12-21-22(32)9-14(2)27(33)26(21)24(18)16-10-15-11-17(31)4-7-23(15)36-13-16/h4-5,7,9,11,13,19-20,24-25,31H,3,6,8,10,12H2,1-2H3. The first-order valence-electron chi connectivity index (χ1n) is 12.5. The number of rotatable bonds is 3. The number of allylic oxidation sites excluding steroid dienone is 7. The zero-order valence-corrected chi connectivity index (χ0v) is 20.2. The quantitative estimate of drug-likeness (QED) is 0.399. The second-order valence-electron chi connectivity index (χ2n) is 10.3. The number of fused-ring (bicyclic) bond motifs is 4. The van der Waals surface area contributed by atoms with E-state index in [9.17, 15) is 24.3 Å². The summed E-state index contributed by atoms with van der Waals surface area (Å²) < 4.78 is 5.90. The number of carbonyl (C=O) groups is 4. The van der Waals surface area contributed by atoms with Gasteiger partial charge in [-0.15, -0.1) is 0 Å². The van der Waals surface area contributed by atoms with Crippen molar-refractivity contribution in [1.29, 1.82) is 0 Å². The number of phenols is 1. The predicted octanol–water partition coefficient (Wildman–Crippen LogP) is 3.58. The highest BCUT2D eigenvalue weighted by atomic mass is 16.5. The molecule has 4 atom stereocenters. The van der Waals surface area contributed by atoms with E-state index in [0.717, 1.165) is 16.7 Å². The summed E-state index contributed by atoms with van der Waals surface area (Å²) in [5.41, 5.74) is 3.80. The molecular formula is C29H27NO6. The SMILES string of the molecule is CCCN1C(=O)C2CC=C3C(C4=COc5ccc(O)cc5C4)C4=C(CC3C2C1=O)C(=O)C=C(C)C4=O. The fraction of sp³-hybridized carbons (Fsp3) is 0.379. The number of hydrogen-bond donors (Lipinski definition) is 1. The molecular weight excluding hydrogens is 458 g/mol. The van der Waals surface area contributed by atoms with Gasteiger partial charge in [-0.05, 0) is 62.0 Å². The Balaban J connectivity index is 1.47. The molecule has 1 aromatic carbocycles. The lowest BCUT2D eigenvalue weighted by atomic mass is 9.58. The van der Waals surface area contributed by atoms with E-state index in [1.807, 2.05) is 13.0 Å². The molecule has 0 radical (unpaired) electrons. The van der Waals surface area contributed by atoms with Gasteiger partial charge in [-0.3, -0.25) is 24.1 Å². The molecule has 36 heavy (non-hydrogen) atoms. The van der Waals surface area contributed by atoms with Crippen LogP contribution in [0.5, 0.6) is 11.5 Å². The summed E-state index contributed by atoms with van der Waals surface area (Å²) in [6.07, 6.45) is 6.87. The molecule has 7 nitrogen and oxygen atoms in total. The number of imide groups is 1. The maximum Gasteiger partial charge on any atom is 0.233 e. The largest absolute Gasteiger partial charge is 0.508 e. The molecule has 184 valence electrons. The van der Waals surface area contributed by atoms with Crippen molar-refractivity contribution < 1.29 is 29.0 Å². The van der Waals surface area contributed by atoms with Crippen LogP contribution in [0.15, 0.2) is 64.5 Å². The minimum atomic E-state index is -0.531. The average Bonchev–Trinajstić information content (AvgIpc) is 3.11. The van der Waals surface area contributed by atoms with Gasteiger partial charge in [0.15, 0.2) is 11.6 Å². The van der Waals surface area contributed by atoms with Crippen LogP contribution in [-0.4, -0.2) is 39.9 Å². The third-order valence-corrected chi connectivity index (χ3v) is 8.25. The van der Waals surface area contributed by atoms with Crippen molar-refractivity contribution in [2.45, 2.75) is 39.5 Å². The first-order chi connectivity index (χ1) is 17.3. The highest BCUT2D eigenvalue weighted by molar-refractivity contribution is 6.23. The second-order valence-corrected chi connectivity index (χ2v) is 10.3. The number of ether oxygens (including phenoxy) is 1. The second kappa shape index (κ2) is 8.15. The zero-order valence-electron chi connectivity index (χ0n) is 20.2. The van der Waals surface area contributed by atoms with Crippen molar-refractivity contribution in [2.24, 2.45) is 23.7 Å². The molecule has 1 saturated heterocycles. The molecule has 0 spiro atoms. The van der Waals surface area contributed by atoms with Crippen LogP contribution in [0.1, 0.15) is 38.7 Å². The van der Waals surface area contributed by atoms with Crippen LogP contribution in [0.4, 0.5) is 0 Å². The minimum absolute atomic E-state index is 0.119. The highest BCUT2D eigenvalue weighted by Gasteiger charge is 2.56. The summed E-state index contributed by atoms with van der Waals surface area (Å²) in [7, 11) is 0. The molecule has 2 aliphatic heterocycles. The van der Waals surface area contributed by atoms with Crippen molar-refractivity contribution in [2.75, 3.05) is 6.54 Å². The monoisotopic (exact) mass is 485 g/mol. The minimum Gasteiger partial charge on any atom is -0.508 e. The van der Waals surface area contributed by atoms with E-state index in [1.54, 1.807) is 31.4 Å². The lowest BCUT2D eigenvalue weighted by molar-refractivity contribution is -0.140. The van der Waals surface area contributed by atoms with Crippen LogP contribution >= 0.6 is 0 Å². The molecule has 4 unspecified atom stereocenters. The van der Waals surface area contributed by atoms with Crippen LogP contribution in [0.2, 0.25) is 0 Å². The van der Waals surface area contributed by atoms with Gasteiger partial charge in [0.05, 0.1) is 18.1 Å². The van der Waals surface area contributed by atoms with Crippen molar-refractivity contribution >= 4 is 23.4 Å². The van der Waals surface area contributed by atoms with Gasteiger partial charge in [0.1, 0.15) is 11.5 Å². The fourth-order valence-electron chi connectivity index (χ4n) is 6.68. The number of likely N-dealkylation sites (tertiary alicyclic amines) is 1. The van der Waals surface area contributed by atoms with Crippen LogP contribution in [0.3, 0.4) is 0 Å². The van der Waals surface area contributed by atoms with Crippen molar-refractivity contribution in [3.63, 3.8) is 0 Å². The van der Waals surface area contributed by atoms with Crippen molar-refractivity contribution in [3.8, 4) is 11.5 Å². The van der Waals surface area contributed by atoms with Crippen molar-refractivity contribution in [1.82, 2.24) is 4.90 Å². The summed E-state index contributed by atoms with van der Waals surface area (Å²) >= 11 is 0. The molecule has 3 aliphatic carbocycles. The molecule has 0 saturated carbocycles. The molecule has 6 rings (SSSR count). The lowest BCUT2D eigenvalue weighted by Gasteiger charge is -2.43. The molecule has 2 amide bonds. The first-order valence-corrected chi connectivity index (χ1v) is 12.5. The summed E-state index contributed by atoms with van der Waals surface area (Å²) in [6, 6.07) is 4.90. The summed E-state index contributed by atoms with van der Waals surface area (Å²) in [4.78, 5) is 54.6. The van der Waals surface area contributed by atoms with Gasteiger partial charge >= 0.3 is 0 Å². The molecule has 1 fully saturated rings. The van der Waals surface area contributed by atoms with Gasteiger partial charge in [0, 0.05) is 41.2 Å².